The van der Waals surface area contributed by atoms with Gasteiger partial charge in [0.15, 0.2) is 5.84 Å². The topological polar surface area (TPSA) is 104 Å². The Morgan fingerprint density at radius 1 is 1.20 bits per heavy atom. The van der Waals surface area contributed by atoms with E-state index in [2.05, 4.69) is 15.7 Å². The van der Waals surface area contributed by atoms with E-state index in [1.54, 1.807) is 12.1 Å². The van der Waals surface area contributed by atoms with Gasteiger partial charge in [0, 0.05) is 10.6 Å². The van der Waals surface area contributed by atoms with E-state index < -0.39 is 0 Å². The van der Waals surface area contributed by atoms with Crippen molar-refractivity contribution < 1.29 is 4.79 Å². The third-order valence-corrected chi connectivity index (χ3v) is 6.00. The predicted molar refractivity (Wildman–Crippen MR) is 122 cm³/mol. The third-order valence-electron chi connectivity index (χ3n) is 4.46. The number of nitrogens with zero attached hydrogens (tertiary/aromatic N) is 2. The summed E-state index contributed by atoms with van der Waals surface area (Å²) < 4.78 is 0.557. The molecule has 1 amide bonds. The molecule has 30 heavy (non-hydrogen) atoms. The molecule has 0 spiro atoms. The fraction of sp³-hybridized carbons (Fsp3) is 0.143. The van der Waals surface area contributed by atoms with Crippen LogP contribution in [-0.2, 0) is 6.42 Å². The van der Waals surface area contributed by atoms with Crippen LogP contribution in [0.4, 0.5) is 0 Å². The average molecular weight is 460 g/mol. The first-order valence-corrected chi connectivity index (χ1v) is 10.6. The number of carbonyl (C=O) groups excluding carboxylic acids is 1. The Hall–Kier alpha value is -2.74. The second-order valence-electron chi connectivity index (χ2n) is 6.59. The molecule has 6 nitrogen and oxygen atoms in total. The van der Waals surface area contributed by atoms with E-state index in [0.717, 1.165) is 16.7 Å². The van der Waals surface area contributed by atoms with Gasteiger partial charge in [-0.05, 0) is 48.2 Å². The van der Waals surface area contributed by atoms with Crippen LogP contribution in [0.15, 0.2) is 64.9 Å². The lowest BCUT2D eigenvalue weighted by Gasteiger charge is -2.15. The SMILES string of the molecule is CC(NC(=O)c1sc(Cl)cc1Cc1cccc(Cl)c1)c1ccc(C(=N)N=NN)cc1. The zero-order valence-corrected chi connectivity index (χ0v) is 18.4. The molecule has 3 aromatic rings. The summed E-state index contributed by atoms with van der Waals surface area (Å²) in [6.45, 7) is 1.89. The molecule has 2 aromatic carbocycles. The molecule has 0 aliphatic rings. The van der Waals surface area contributed by atoms with E-state index in [1.165, 1.54) is 11.3 Å². The monoisotopic (exact) mass is 459 g/mol. The minimum Gasteiger partial charge on any atom is -0.345 e. The van der Waals surface area contributed by atoms with Crippen molar-refractivity contribution in [3.05, 3.63) is 91.1 Å². The molecule has 0 aliphatic heterocycles. The molecule has 1 aromatic heterocycles. The maximum absolute atomic E-state index is 12.9. The molecule has 1 atom stereocenters. The molecule has 0 aliphatic carbocycles. The van der Waals surface area contributed by atoms with Crippen LogP contribution in [0, 0.1) is 5.41 Å². The molecule has 4 N–H and O–H groups in total. The van der Waals surface area contributed by atoms with Crippen LogP contribution in [0.25, 0.3) is 0 Å². The van der Waals surface area contributed by atoms with Gasteiger partial charge in [0.1, 0.15) is 0 Å². The summed E-state index contributed by atoms with van der Waals surface area (Å²) in [5.74, 6) is 4.76. The maximum atomic E-state index is 12.9. The van der Waals surface area contributed by atoms with Crippen molar-refractivity contribution in [3.63, 3.8) is 0 Å². The van der Waals surface area contributed by atoms with Gasteiger partial charge >= 0.3 is 0 Å². The van der Waals surface area contributed by atoms with Crippen LogP contribution in [0.3, 0.4) is 0 Å². The molecule has 0 fully saturated rings. The molecule has 9 heteroatoms. The first kappa shape index (κ1) is 22.0. The van der Waals surface area contributed by atoms with E-state index in [1.807, 2.05) is 49.4 Å². The van der Waals surface area contributed by atoms with E-state index in [9.17, 15) is 4.79 Å². The predicted octanol–water partition coefficient (Wildman–Crippen LogP) is 5.79. The highest BCUT2D eigenvalue weighted by Crippen LogP contribution is 2.30. The summed E-state index contributed by atoms with van der Waals surface area (Å²) in [6, 6.07) is 16.2. The highest BCUT2D eigenvalue weighted by molar-refractivity contribution is 7.18. The minimum absolute atomic E-state index is 0.0281. The molecule has 0 saturated carbocycles. The molecular formula is C21H19Cl2N5OS. The van der Waals surface area contributed by atoms with Crippen molar-refractivity contribution in [2.75, 3.05) is 0 Å². The number of carbonyl (C=O) groups is 1. The van der Waals surface area contributed by atoms with Crippen molar-refractivity contribution in [2.24, 2.45) is 16.2 Å². The van der Waals surface area contributed by atoms with E-state index in [-0.39, 0.29) is 17.8 Å². The van der Waals surface area contributed by atoms with Gasteiger partial charge in [0.05, 0.1) is 15.3 Å². The number of thiophene rings is 1. The Kier molecular flexibility index (Phi) is 7.20. The summed E-state index contributed by atoms with van der Waals surface area (Å²) in [4.78, 5) is 13.5. The van der Waals surface area contributed by atoms with Gasteiger partial charge in [-0.2, -0.15) is 0 Å². The summed E-state index contributed by atoms with van der Waals surface area (Å²) in [7, 11) is 0. The van der Waals surface area contributed by atoms with Crippen LogP contribution >= 0.6 is 34.5 Å². The minimum atomic E-state index is -0.239. The number of amidine groups is 1. The van der Waals surface area contributed by atoms with Crippen LogP contribution in [0.2, 0.25) is 9.36 Å². The molecule has 1 heterocycles. The Balaban J connectivity index is 1.73. The fourth-order valence-electron chi connectivity index (χ4n) is 2.98. The molecule has 154 valence electrons. The van der Waals surface area contributed by atoms with Gasteiger partial charge in [0.25, 0.3) is 5.91 Å². The first-order valence-electron chi connectivity index (χ1n) is 9.00. The number of rotatable bonds is 6. The van der Waals surface area contributed by atoms with Crippen molar-refractivity contribution in [3.8, 4) is 0 Å². The van der Waals surface area contributed by atoms with Crippen molar-refractivity contribution in [1.82, 2.24) is 5.32 Å². The average Bonchev–Trinajstić information content (AvgIpc) is 3.08. The van der Waals surface area contributed by atoms with Crippen molar-refractivity contribution in [2.45, 2.75) is 19.4 Å². The van der Waals surface area contributed by atoms with Crippen LogP contribution in [0.1, 0.15) is 44.9 Å². The summed E-state index contributed by atoms with van der Waals surface area (Å²) in [5, 5.41) is 18.0. The first-order chi connectivity index (χ1) is 14.4. The molecule has 3 rings (SSSR count). The number of amides is 1. The second-order valence-corrected chi connectivity index (χ2v) is 8.71. The number of nitrogens with one attached hydrogen (secondary N) is 2. The normalized spacial score (nSPS) is 12.1. The van der Waals surface area contributed by atoms with Gasteiger partial charge in [-0.1, -0.05) is 64.8 Å². The third kappa shape index (κ3) is 5.44. The number of halogens is 2. The number of nitrogens with two attached hydrogens (primary N) is 1. The molecule has 1 unspecified atom stereocenters. The van der Waals surface area contributed by atoms with Crippen LogP contribution in [0.5, 0.6) is 0 Å². The molecular weight excluding hydrogens is 441 g/mol. The Morgan fingerprint density at radius 3 is 2.60 bits per heavy atom. The van der Waals surface area contributed by atoms with Gasteiger partial charge in [-0.15, -0.1) is 16.5 Å². The zero-order chi connectivity index (χ0) is 21.7. The number of benzene rings is 2. The van der Waals surface area contributed by atoms with E-state index in [4.69, 9.17) is 34.5 Å². The van der Waals surface area contributed by atoms with Crippen molar-refractivity contribution in [1.29, 1.82) is 5.41 Å². The molecule has 0 radical (unpaired) electrons. The van der Waals surface area contributed by atoms with Gasteiger partial charge < -0.3 is 11.2 Å². The molecule has 0 bridgehead atoms. The fourth-order valence-corrected chi connectivity index (χ4v) is 4.36. The quantitative estimate of drug-likeness (QED) is 0.143. The Labute approximate surface area is 188 Å². The van der Waals surface area contributed by atoms with Crippen LogP contribution < -0.4 is 11.2 Å². The lowest BCUT2D eigenvalue weighted by Crippen LogP contribution is -2.26. The zero-order valence-electron chi connectivity index (χ0n) is 16.0. The largest absolute Gasteiger partial charge is 0.345 e. The highest BCUT2D eigenvalue weighted by atomic mass is 35.5. The summed E-state index contributed by atoms with van der Waals surface area (Å²) in [5.41, 5.74) is 3.34. The van der Waals surface area contributed by atoms with Gasteiger partial charge in [-0.25, -0.2) is 0 Å². The molecule has 0 saturated heterocycles. The summed E-state index contributed by atoms with van der Waals surface area (Å²) >= 11 is 13.5. The Morgan fingerprint density at radius 2 is 1.93 bits per heavy atom. The Bertz CT molecular complexity index is 1100. The van der Waals surface area contributed by atoms with Crippen LogP contribution in [-0.4, -0.2) is 11.7 Å². The number of hydrogen-bond acceptors (Lipinski definition) is 4. The lowest BCUT2D eigenvalue weighted by atomic mass is 10.0. The number of hydrogen-bond donors (Lipinski definition) is 3. The maximum Gasteiger partial charge on any atom is 0.262 e. The van der Waals surface area contributed by atoms with E-state index >= 15 is 0 Å². The van der Waals surface area contributed by atoms with Gasteiger partial charge in [-0.3, -0.25) is 10.2 Å². The van der Waals surface area contributed by atoms with Gasteiger partial charge in [0.2, 0.25) is 0 Å². The summed E-state index contributed by atoms with van der Waals surface area (Å²) in [6.07, 6.45) is 0.563. The van der Waals surface area contributed by atoms with E-state index in [0.29, 0.717) is 26.2 Å². The standard InChI is InChI=1S/C21H19Cl2N5OS/c1-12(14-5-7-15(8-6-14)20(24)27-28-25)26-21(29)19-16(11-18(23)30-19)9-13-3-2-4-17(22)10-13/h2-8,10-12H,9H2,1H3,(H,26,29)(H3,24,25,27). The second kappa shape index (κ2) is 9.84. The lowest BCUT2D eigenvalue weighted by molar-refractivity contribution is 0.0943. The smallest absolute Gasteiger partial charge is 0.262 e. The van der Waals surface area contributed by atoms with Crippen molar-refractivity contribution >= 4 is 46.3 Å². The highest BCUT2D eigenvalue weighted by Gasteiger charge is 2.19.